The maximum absolute atomic E-state index is 12.1. The molecule has 0 radical (unpaired) electrons. The lowest BCUT2D eigenvalue weighted by Crippen LogP contribution is -1.92. The molecule has 0 aliphatic carbocycles. The van der Waals surface area contributed by atoms with Gasteiger partial charge >= 0.3 is 0 Å². The smallest absolute Gasteiger partial charge is 0.280 e. The highest BCUT2D eigenvalue weighted by Gasteiger charge is 2.10. The molecule has 1 rings (SSSR count). The number of ether oxygens (including phenoxy) is 1. The van der Waals surface area contributed by atoms with Gasteiger partial charge in [0.1, 0.15) is 16.0 Å². The summed E-state index contributed by atoms with van der Waals surface area (Å²) >= 11 is 3.00. The number of alkyl halides is 2. The molecule has 1 aromatic rings. The van der Waals surface area contributed by atoms with Crippen LogP contribution in [-0.2, 0) is 0 Å². The third kappa shape index (κ3) is 2.14. The van der Waals surface area contributed by atoms with Crippen LogP contribution in [0.1, 0.15) is 12.1 Å². The fraction of sp³-hybridized carbons (Fsp3) is 0.286. The second kappa shape index (κ2) is 3.80. The van der Waals surface area contributed by atoms with Crippen LogP contribution in [-0.4, -0.2) is 12.1 Å². The molecule has 5 heteroatoms. The van der Waals surface area contributed by atoms with Gasteiger partial charge in [-0.25, -0.2) is 13.8 Å². The van der Waals surface area contributed by atoms with E-state index in [0.29, 0.717) is 10.4 Å². The lowest BCUT2D eigenvalue weighted by atomic mass is 10.3. The van der Waals surface area contributed by atoms with Crippen LogP contribution >= 0.6 is 15.9 Å². The largest absolute Gasteiger partial charge is 0.497 e. The minimum absolute atomic E-state index is 0.291. The highest BCUT2D eigenvalue weighted by molar-refractivity contribution is 9.10. The molecule has 1 heterocycles. The third-order valence-electron chi connectivity index (χ3n) is 1.25. The third-order valence-corrected chi connectivity index (χ3v) is 1.65. The second-order valence-electron chi connectivity index (χ2n) is 2.06. The predicted octanol–water partition coefficient (Wildman–Crippen LogP) is 2.79. The Bertz CT molecular complexity index is 280. The van der Waals surface area contributed by atoms with E-state index in [1.807, 2.05) is 0 Å². The Kier molecular flexibility index (Phi) is 2.97. The minimum Gasteiger partial charge on any atom is -0.497 e. The van der Waals surface area contributed by atoms with E-state index < -0.39 is 6.43 Å². The van der Waals surface area contributed by atoms with Crippen molar-refractivity contribution in [1.82, 2.24) is 4.98 Å². The zero-order chi connectivity index (χ0) is 9.14. The number of nitrogens with zero attached hydrogens (tertiary/aromatic N) is 1. The van der Waals surface area contributed by atoms with Crippen molar-refractivity contribution >= 4 is 15.9 Å². The Balaban J connectivity index is 3.06. The lowest BCUT2D eigenvalue weighted by Gasteiger charge is -2.03. The molecule has 1 aromatic heterocycles. The average Bonchev–Trinajstić information content (AvgIpc) is 2.03. The zero-order valence-electron chi connectivity index (χ0n) is 6.22. The van der Waals surface area contributed by atoms with Crippen molar-refractivity contribution in [3.63, 3.8) is 0 Å². The molecular weight excluding hydrogens is 232 g/mol. The maximum Gasteiger partial charge on any atom is 0.280 e. The zero-order valence-corrected chi connectivity index (χ0v) is 7.81. The van der Waals surface area contributed by atoms with Crippen molar-refractivity contribution in [3.8, 4) is 5.75 Å². The van der Waals surface area contributed by atoms with Gasteiger partial charge in [-0.3, -0.25) is 0 Å². The van der Waals surface area contributed by atoms with Gasteiger partial charge < -0.3 is 4.74 Å². The van der Waals surface area contributed by atoms with Gasteiger partial charge in [0.15, 0.2) is 0 Å². The molecule has 0 saturated heterocycles. The van der Waals surface area contributed by atoms with Gasteiger partial charge in [-0.15, -0.1) is 0 Å². The summed E-state index contributed by atoms with van der Waals surface area (Å²) < 4.78 is 29.4. The Labute approximate surface area is 76.7 Å². The molecular formula is C7H6BrF2NO. The molecule has 0 amide bonds. The fourth-order valence-electron chi connectivity index (χ4n) is 0.722. The van der Waals surface area contributed by atoms with Crippen molar-refractivity contribution in [1.29, 1.82) is 0 Å². The van der Waals surface area contributed by atoms with Crippen LogP contribution in [0.3, 0.4) is 0 Å². The first kappa shape index (κ1) is 9.38. The molecule has 0 saturated carbocycles. The molecule has 0 atom stereocenters. The molecule has 66 valence electrons. The topological polar surface area (TPSA) is 22.1 Å². The number of rotatable bonds is 2. The number of halogens is 3. The van der Waals surface area contributed by atoms with Crippen molar-refractivity contribution in [2.45, 2.75) is 6.43 Å². The summed E-state index contributed by atoms with van der Waals surface area (Å²) in [4.78, 5) is 3.57. The van der Waals surface area contributed by atoms with E-state index in [9.17, 15) is 8.78 Å². The summed E-state index contributed by atoms with van der Waals surface area (Å²) in [5.74, 6) is 0.368. The minimum atomic E-state index is -2.57. The van der Waals surface area contributed by atoms with Crippen molar-refractivity contribution in [2.24, 2.45) is 0 Å². The van der Waals surface area contributed by atoms with Crippen LogP contribution in [0.4, 0.5) is 8.78 Å². The number of methoxy groups -OCH3 is 1. The van der Waals surface area contributed by atoms with Gasteiger partial charge in [0.05, 0.1) is 7.11 Å². The van der Waals surface area contributed by atoms with E-state index in [1.165, 1.54) is 19.2 Å². The van der Waals surface area contributed by atoms with Crippen molar-refractivity contribution in [3.05, 3.63) is 22.4 Å². The molecule has 0 aliphatic heterocycles. The first-order chi connectivity index (χ1) is 5.63. The molecule has 0 spiro atoms. The van der Waals surface area contributed by atoms with Crippen LogP contribution in [0.2, 0.25) is 0 Å². The summed E-state index contributed by atoms with van der Waals surface area (Å²) in [6, 6.07) is 2.72. The van der Waals surface area contributed by atoms with E-state index >= 15 is 0 Å². The van der Waals surface area contributed by atoms with E-state index in [2.05, 4.69) is 20.9 Å². The fourth-order valence-corrected chi connectivity index (χ4v) is 1.15. The molecule has 0 aliphatic rings. The highest BCUT2D eigenvalue weighted by atomic mass is 79.9. The second-order valence-corrected chi connectivity index (χ2v) is 2.87. The van der Waals surface area contributed by atoms with Crippen LogP contribution < -0.4 is 4.74 Å². The Hall–Kier alpha value is -0.710. The Morgan fingerprint density at radius 3 is 2.67 bits per heavy atom. The van der Waals surface area contributed by atoms with Gasteiger partial charge in [0, 0.05) is 12.1 Å². The first-order valence-electron chi connectivity index (χ1n) is 3.13. The molecule has 12 heavy (non-hydrogen) atoms. The number of aromatic nitrogens is 1. The average molecular weight is 238 g/mol. The van der Waals surface area contributed by atoms with Crippen molar-refractivity contribution < 1.29 is 13.5 Å². The first-order valence-corrected chi connectivity index (χ1v) is 3.92. The lowest BCUT2D eigenvalue weighted by molar-refractivity contribution is 0.145. The summed E-state index contributed by atoms with van der Waals surface area (Å²) in [7, 11) is 1.41. The summed E-state index contributed by atoms with van der Waals surface area (Å²) in [5.41, 5.74) is -0.291. The summed E-state index contributed by atoms with van der Waals surface area (Å²) in [5, 5.41) is 0. The van der Waals surface area contributed by atoms with Crippen molar-refractivity contribution in [2.75, 3.05) is 7.11 Å². The number of pyridine rings is 1. The maximum atomic E-state index is 12.1. The van der Waals surface area contributed by atoms with Gasteiger partial charge in [0.2, 0.25) is 0 Å². The normalized spacial score (nSPS) is 10.4. The standard InChI is InChI=1S/C7H6BrF2NO/c1-12-4-2-5(7(9)10)11-6(8)3-4/h2-3,7H,1H3. The van der Waals surface area contributed by atoms with E-state index in [4.69, 9.17) is 4.74 Å². The Morgan fingerprint density at radius 2 is 2.17 bits per heavy atom. The van der Waals surface area contributed by atoms with E-state index in [1.54, 1.807) is 0 Å². The predicted molar refractivity (Wildman–Crippen MR) is 43.4 cm³/mol. The van der Waals surface area contributed by atoms with E-state index in [-0.39, 0.29) is 5.69 Å². The number of hydrogen-bond donors (Lipinski definition) is 0. The summed E-state index contributed by atoms with van der Waals surface area (Å²) in [6.45, 7) is 0. The van der Waals surface area contributed by atoms with Gasteiger partial charge in [-0.1, -0.05) is 0 Å². The molecule has 0 fully saturated rings. The molecule has 0 aromatic carbocycles. The molecule has 2 nitrogen and oxygen atoms in total. The van der Waals surface area contributed by atoms with Crippen LogP contribution in [0, 0.1) is 0 Å². The molecule has 0 bridgehead atoms. The molecule has 0 unspecified atom stereocenters. The number of hydrogen-bond acceptors (Lipinski definition) is 2. The van der Waals surface area contributed by atoms with Crippen LogP contribution in [0.5, 0.6) is 5.75 Å². The van der Waals surface area contributed by atoms with Crippen LogP contribution in [0.25, 0.3) is 0 Å². The van der Waals surface area contributed by atoms with Gasteiger partial charge in [-0.2, -0.15) is 0 Å². The highest BCUT2D eigenvalue weighted by Crippen LogP contribution is 2.24. The van der Waals surface area contributed by atoms with Gasteiger partial charge in [-0.05, 0) is 15.9 Å². The SMILES string of the molecule is COc1cc(Br)nc(C(F)F)c1. The summed E-state index contributed by atoms with van der Waals surface area (Å²) in [6.07, 6.45) is -2.57. The van der Waals surface area contributed by atoms with Crippen LogP contribution in [0.15, 0.2) is 16.7 Å². The monoisotopic (exact) mass is 237 g/mol. The molecule has 0 N–H and O–H groups in total. The van der Waals surface area contributed by atoms with E-state index in [0.717, 1.165) is 0 Å². The van der Waals surface area contributed by atoms with Gasteiger partial charge in [0.25, 0.3) is 6.43 Å². The Morgan fingerprint density at radius 1 is 1.50 bits per heavy atom. The quantitative estimate of drug-likeness (QED) is 0.739.